The Morgan fingerprint density at radius 3 is 2.80 bits per heavy atom. The molecule has 0 amide bonds. The number of carbonyl (C=O) groups excluding carboxylic acids is 1. The first-order valence-electron chi connectivity index (χ1n) is 8.51. The fourth-order valence-corrected chi connectivity index (χ4v) is 4.71. The summed E-state index contributed by atoms with van der Waals surface area (Å²) in [6.45, 7) is 3.91. The molecule has 0 aromatic rings. The van der Waals surface area contributed by atoms with Crippen LogP contribution >= 0.6 is 0 Å². The summed E-state index contributed by atoms with van der Waals surface area (Å²) in [6, 6.07) is 0. The van der Waals surface area contributed by atoms with E-state index in [0.29, 0.717) is 17.6 Å². The Labute approximate surface area is 122 Å². The third-order valence-electron chi connectivity index (χ3n) is 5.77. The fraction of sp³-hybridized carbons (Fsp3) is 0.941. The van der Waals surface area contributed by atoms with Gasteiger partial charge in [-0.25, -0.2) is 0 Å². The molecule has 20 heavy (non-hydrogen) atoms. The van der Waals surface area contributed by atoms with Gasteiger partial charge in [0.2, 0.25) is 0 Å². The van der Waals surface area contributed by atoms with Gasteiger partial charge in [-0.2, -0.15) is 0 Å². The van der Waals surface area contributed by atoms with E-state index in [0.717, 1.165) is 50.7 Å². The summed E-state index contributed by atoms with van der Waals surface area (Å²) in [4.78, 5) is 12.0. The van der Waals surface area contributed by atoms with E-state index in [1.54, 1.807) is 0 Å². The summed E-state index contributed by atoms with van der Waals surface area (Å²) < 4.78 is 11.0. The zero-order valence-corrected chi connectivity index (χ0v) is 12.7. The minimum Gasteiger partial charge on any atom is -0.350 e. The second kappa shape index (κ2) is 6.57. The van der Waals surface area contributed by atoms with Gasteiger partial charge >= 0.3 is 0 Å². The van der Waals surface area contributed by atoms with Gasteiger partial charge < -0.3 is 9.47 Å². The average molecular weight is 280 g/mol. The quantitative estimate of drug-likeness (QED) is 0.772. The Balaban J connectivity index is 1.44. The molecule has 0 aromatic carbocycles. The predicted octanol–water partition coefficient (Wildman–Crippen LogP) is 3.56. The first-order chi connectivity index (χ1) is 9.75. The molecule has 114 valence electrons. The van der Waals surface area contributed by atoms with Crippen molar-refractivity contribution >= 4 is 5.78 Å². The minimum atomic E-state index is 0.0507. The molecular formula is C17H28O3. The van der Waals surface area contributed by atoms with E-state index in [1.807, 2.05) is 0 Å². The van der Waals surface area contributed by atoms with Crippen molar-refractivity contribution in [3.05, 3.63) is 0 Å². The number of hydrogen-bond donors (Lipinski definition) is 0. The van der Waals surface area contributed by atoms with Crippen LogP contribution in [0.3, 0.4) is 0 Å². The van der Waals surface area contributed by atoms with E-state index in [4.69, 9.17) is 9.47 Å². The highest BCUT2D eigenvalue weighted by molar-refractivity contribution is 5.82. The van der Waals surface area contributed by atoms with E-state index in [1.165, 1.54) is 25.7 Å². The molecule has 0 aromatic heterocycles. The van der Waals surface area contributed by atoms with Crippen LogP contribution in [-0.4, -0.2) is 25.3 Å². The number of hydrogen-bond acceptors (Lipinski definition) is 3. The Kier molecular flexibility index (Phi) is 4.77. The molecule has 3 heteroatoms. The molecule has 0 bridgehead atoms. The second-order valence-electron chi connectivity index (χ2n) is 6.95. The number of ether oxygens (including phenoxy) is 2. The molecule has 3 fully saturated rings. The van der Waals surface area contributed by atoms with Gasteiger partial charge in [0, 0.05) is 12.3 Å². The van der Waals surface area contributed by atoms with Gasteiger partial charge in [0.25, 0.3) is 0 Å². The monoisotopic (exact) mass is 280 g/mol. The van der Waals surface area contributed by atoms with E-state index in [9.17, 15) is 4.79 Å². The van der Waals surface area contributed by atoms with Gasteiger partial charge in [0.05, 0.1) is 13.2 Å². The average Bonchev–Trinajstić information content (AvgIpc) is 3.08. The van der Waals surface area contributed by atoms with E-state index >= 15 is 0 Å². The third kappa shape index (κ3) is 3.09. The maximum absolute atomic E-state index is 12.0. The van der Waals surface area contributed by atoms with Crippen LogP contribution in [0.2, 0.25) is 0 Å². The lowest BCUT2D eigenvalue weighted by atomic mass is 9.73. The van der Waals surface area contributed by atoms with Crippen molar-refractivity contribution in [2.45, 2.75) is 64.6 Å². The predicted molar refractivity (Wildman–Crippen MR) is 77.3 cm³/mol. The van der Waals surface area contributed by atoms with Gasteiger partial charge in [0.1, 0.15) is 5.78 Å². The highest BCUT2D eigenvalue weighted by atomic mass is 16.7. The van der Waals surface area contributed by atoms with Crippen LogP contribution in [0, 0.1) is 23.7 Å². The Morgan fingerprint density at radius 1 is 1.20 bits per heavy atom. The SMILES string of the molecule is C[C@H](CCCC1OCCO1)[C@H]1CC[C@H]2C(=O)CCC[C@H]12. The highest BCUT2D eigenvalue weighted by Crippen LogP contribution is 2.48. The maximum Gasteiger partial charge on any atom is 0.157 e. The summed E-state index contributed by atoms with van der Waals surface area (Å²) in [5, 5.41) is 0. The number of fused-ring (bicyclic) bond motifs is 1. The lowest BCUT2D eigenvalue weighted by molar-refractivity contribution is -0.126. The van der Waals surface area contributed by atoms with E-state index < -0.39 is 0 Å². The van der Waals surface area contributed by atoms with Crippen molar-refractivity contribution in [3.63, 3.8) is 0 Å². The number of ketones is 1. The van der Waals surface area contributed by atoms with Crippen molar-refractivity contribution in [2.24, 2.45) is 23.7 Å². The highest BCUT2D eigenvalue weighted by Gasteiger charge is 2.43. The van der Waals surface area contributed by atoms with Crippen LogP contribution in [0.15, 0.2) is 0 Å². The molecule has 3 rings (SSSR count). The molecule has 2 aliphatic carbocycles. The molecule has 4 atom stereocenters. The first-order valence-corrected chi connectivity index (χ1v) is 8.51. The van der Waals surface area contributed by atoms with Crippen LogP contribution in [0.1, 0.15) is 58.3 Å². The molecule has 2 saturated carbocycles. The smallest absolute Gasteiger partial charge is 0.157 e. The number of rotatable bonds is 5. The lowest BCUT2D eigenvalue weighted by Crippen LogP contribution is -2.29. The molecule has 0 unspecified atom stereocenters. The Morgan fingerprint density at radius 2 is 2.00 bits per heavy atom. The van der Waals surface area contributed by atoms with E-state index in [-0.39, 0.29) is 6.29 Å². The number of carbonyl (C=O) groups is 1. The van der Waals surface area contributed by atoms with Crippen molar-refractivity contribution in [1.82, 2.24) is 0 Å². The van der Waals surface area contributed by atoms with Crippen LogP contribution in [0.5, 0.6) is 0 Å². The van der Waals surface area contributed by atoms with Gasteiger partial charge in [-0.15, -0.1) is 0 Å². The number of Topliss-reactive ketones (excluding diaryl/α,β-unsaturated/α-hetero) is 1. The largest absolute Gasteiger partial charge is 0.350 e. The lowest BCUT2D eigenvalue weighted by Gasteiger charge is -2.31. The maximum atomic E-state index is 12.0. The molecule has 1 aliphatic heterocycles. The molecule has 0 N–H and O–H groups in total. The van der Waals surface area contributed by atoms with Crippen molar-refractivity contribution in [1.29, 1.82) is 0 Å². The summed E-state index contributed by atoms with van der Waals surface area (Å²) in [5.41, 5.74) is 0. The van der Waals surface area contributed by atoms with E-state index in [2.05, 4.69) is 6.92 Å². The molecule has 3 aliphatic rings. The van der Waals surface area contributed by atoms with Crippen LogP contribution in [0.25, 0.3) is 0 Å². The Bertz CT molecular complexity index is 335. The van der Waals surface area contributed by atoms with Crippen LogP contribution in [-0.2, 0) is 14.3 Å². The molecule has 1 heterocycles. The standard InChI is InChI=1S/C17H28O3/c1-12(4-2-7-17-19-10-11-20-17)13-8-9-15-14(13)5-3-6-16(15)18/h12-15,17H,2-11H2,1H3/t12-,13-,14-,15-/m1/s1. The second-order valence-corrected chi connectivity index (χ2v) is 6.95. The molecule has 3 nitrogen and oxygen atoms in total. The topological polar surface area (TPSA) is 35.5 Å². The summed E-state index contributed by atoms with van der Waals surface area (Å²) in [7, 11) is 0. The van der Waals surface area contributed by atoms with Crippen LogP contribution in [0.4, 0.5) is 0 Å². The van der Waals surface area contributed by atoms with Crippen molar-refractivity contribution in [2.75, 3.05) is 13.2 Å². The van der Waals surface area contributed by atoms with Gasteiger partial charge in [-0.1, -0.05) is 13.3 Å². The van der Waals surface area contributed by atoms with Crippen molar-refractivity contribution < 1.29 is 14.3 Å². The zero-order valence-electron chi connectivity index (χ0n) is 12.7. The molecule has 0 radical (unpaired) electrons. The van der Waals surface area contributed by atoms with Gasteiger partial charge in [-0.3, -0.25) is 4.79 Å². The summed E-state index contributed by atoms with van der Waals surface area (Å²) in [6.07, 6.45) is 9.23. The van der Waals surface area contributed by atoms with Gasteiger partial charge in [0.15, 0.2) is 6.29 Å². The fourth-order valence-electron chi connectivity index (χ4n) is 4.71. The summed E-state index contributed by atoms with van der Waals surface area (Å²) in [5.74, 6) is 3.21. The first kappa shape index (κ1) is 14.5. The summed E-state index contributed by atoms with van der Waals surface area (Å²) >= 11 is 0. The molecule has 0 spiro atoms. The van der Waals surface area contributed by atoms with Gasteiger partial charge in [-0.05, 0) is 56.3 Å². The Hall–Kier alpha value is -0.410. The van der Waals surface area contributed by atoms with Crippen LogP contribution < -0.4 is 0 Å². The zero-order chi connectivity index (χ0) is 13.9. The molecular weight excluding hydrogens is 252 g/mol. The van der Waals surface area contributed by atoms with Crippen molar-refractivity contribution in [3.8, 4) is 0 Å². The minimum absolute atomic E-state index is 0.0507. The normalized spacial score (nSPS) is 36.2. The molecule has 1 saturated heterocycles. The third-order valence-corrected chi connectivity index (χ3v) is 5.77.